The van der Waals surface area contributed by atoms with Crippen molar-refractivity contribution >= 4 is 0 Å². The van der Waals surface area contributed by atoms with Crippen LogP contribution in [-0.2, 0) is 0 Å². The van der Waals surface area contributed by atoms with Crippen LogP contribution in [-0.4, -0.2) is 63.2 Å². The van der Waals surface area contributed by atoms with Gasteiger partial charge >= 0.3 is 0 Å². The number of likely N-dealkylation sites (tertiary alicyclic amines) is 2. The average Bonchev–Trinajstić information content (AvgIpc) is 2.91. The Morgan fingerprint density at radius 2 is 1.59 bits per heavy atom. The monoisotopic (exact) mass is 241 g/mol. The highest BCUT2D eigenvalue weighted by molar-refractivity contribution is 4.94. The molecule has 1 atom stereocenters. The van der Waals surface area contributed by atoms with E-state index in [9.17, 15) is 0 Å². The molecule has 17 heavy (non-hydrogen) atoms. The lowest BCUT2D eigenvalue weighted by Gasteiger charge is -2.24. The van der Waals surface area contributed by atoms with Crippen molar-refractivity contribution in [2.24, 2.45) is 5.41 Å². The lowest BCUT2D eigenvalue weighted by Crippen LogP contribution is -2.32. The topological polar surface area (TPSA) is 18.5 Å². The molecule has 3 aliphatic rings. The summed E-state index contributed by atoms with van der Waals surface area (Å²) in [5, 5.41) is 3.45. The zero-order valence-corrected chi connectivity index (χ0v) is 12.3. The summed E-state index contributed by atoms with van der Waals surface area (Å²) in [6, 6.07) is 0. The number of nitrogens with one attached hydrogen (secondary N) is 1. The second-order valence-electron chi connectivity index (χ2n) is 5.57. The van der Waals surface area contributed by atoms with Crippen LogP contribution in [0.2, 0.25) is 0 Å². The van der Waals surface area contributed by atoms with E-state index in [1.165, 1.54) is 58.5 Å². The van der Waals surface area contributed by atoms with E-state index in [0.717, 1.165) is 0 Å². The second kappa shape index (κ2) is 7.34. The first-order valence-electron chi connectivity index (χ1n) is 7.28. The minimum Gasteiger partial charge on any atom is -0.316 e. The molecule has 0 amide bonds. The molecule has 1 spiro atoms. The molecule has 3 nitrogen and oxygen atoms in total. The van der Waals surface area contributed by atoms with Gasteiger partial charge in [-0.25, -0.2) is 0 Å². The van der Waals surface area contributed by atoms with Crippen molar-refractivity contribution in [3.63, 3.8) is 0 Å². The maximum Gasteiger partial charge on any atom is 0.00481 e. The molecule has 0 aromatic heterocycles. The summed E-state index contributed by atoms with van der Waals surface area (Å²) in [5.41, 5.74) is 0.675. The molecule has 3 saturated heterocycles. The molecule has 1 N–H and O–H groups in total. The molecule has 0 saturated carbocycles. The highest BCUT2D eigenvalue weighted by atomic mass is 15.1. The van der Waals surface area contributed by atoms with Gasteiger partial charge in [0.2, 0.25) is 0 Å². The van der Waals surface area contributed by atoms with Gasteiger partial charge in [-0.2, -0.15) is 0 Å². The van der Waals surface area contributed by atoms with Gasteiger partial charge in [-0.05, 0) is 65.0 Å². The molecular weight excluding hydrogens is 210 g/mol. The van der Waals surface area contributed by atoms with E-state index in [1.807, 2.05) is 13.8 Å². The van der Waals surface area contributed by atoms with Crippen LogP contribution in [0.25, 0.3) is 0 Å². The largest absolute Gasteiger partial charge is 0.316 e. The third-order valence-corrected chi connectivity index (χ3v) is 4.04. The molecule has 0 aliphatic carbocycles. The van der Waals surface area contributed by atoms with Crippen molar-refractivity contribution in [2.45, 2.75) is 33.1 Å². The summed E-state index contributed by atoms with van der Waals surface area (Å²) >= 11 is 0. The standard InChI is InChI=1S/C8H16N2.C4H9N.C2H6/c1-10-5-3-8(7-10)2-4-9-6-8;1-5-3-2-4-5;1-2/h9H,2-7H2,1H3;2-4H2,1H3;1-2H3. The number of hydrogen-bond acceptors (Lipinski definition) is 3. The molecule has 0 aromatic carbocycles. The van der Waals surface area contributed by atoms with Gasteiger partial charge in [0, 0.05) is 13.1 Å². The number of rotatable bonds is 0. The predicted octanol–water partition coefficient (Wildman–Crippen LogP) is 1.65. The van der Waals surface area contributed by atoms with Crippen molar-refractivity contribution in [2.75, 3.05) is 53.4 Å². The number of hydrogen-bond donors (Lipinski definition) is 1. The highest BCUT2D eigenvalue weighted by Crippen LogP contribution is 2.34. The maximum atomic E-state index is 3.45. The second-order valence-corrected chi connectivity index (χ2v) is 5.57. The van der Waals surface area contributed by atoms with Gasteiger partial charge in [-0.3, -0.25) is 0 Å². The van der Waals surface area contributed by atoms with Crippen LogP contribution in [0.4, 0.5) is 0 Å². The first-order valence-corrected chi connectivity index (χ1v) is 7.28. The summed E-state index contributed by atoms with van der Waals surface area (Å²) < 4.78 is 0. The third kappa shape index (κ3) is 4.57. The molecule has 3 aliphatic heterocycles. The van der Waals surface area contributed by atoms with Gasteiger partial charge < -0.3 is 15.1 Å². The lowest BCUT2D eigenvalue weighted by molar-refractivity contribution is 0.229. The SMILES string of the molecule is CC.CN1CCC1.CN1CCC2(CCNC2)C1. The van der Waals surface area contributed by atoms with Crippen LogP contribution in [0.15, 0.2) is 0 Å². The van der Waals surface area contributed by atoms with E-state index in [0.29, 0.717) is 5.41 Å². The molecule has 0 aromatic rings. The summed E-state index contributed by atoms with van der Waals surface area (Å²) in [5.74, 6) is 0. The summed E-state index contributed by atoms with van der Waals surface area (Å²) in [7, 11) is 4.37. The van der Waals surface area contributed by atoms with Crippen LogP contribution < -0.4 is 5.32 Å². The molecular formula is C14H31N3. The number of nitrogens with zero attached hydrogens (tertiary/aromatic N) is 2. The molecule has 0 radical (unpaired) electrons. The Hall–Kier alpha value is -0.120. The van der Waals surface area contributed by atoms with Gasteiger partial charge in [0.1, 0.15) is 0 Å². The van der Waals surface area contributed by atoms with Gasteiger partial charge in [-0.15, -0.1) is 0 Å². The smallest absolute Gasteiger partial charge is 0.00481 e. The summed E-state index contributed by atoms with van der Waals surface area (Å²) in [6.07, 6.45) is 4.23. The Balaban J connectivity index is 0.000000175. The van der Waals surface area contributed by atoms with Crippen LogP contribution in [0.5, 0.6) is 0 Å². The van der Waals surface area contributed by atoms with Crippen molar-refractivity contribution in [1.82, 2.24) is 15.1 Å². The Morgan fingerprint density at radius 3 is 1.88 bits per heavy atom. The first-order chi connectivity index (χ1) is 8.20. The molecule has 102 valence electrons. The van der Waals surface area contributed by atoms with Crippen LogP contribution in [0.3, 0.4) is 0 Å². The summed E-state index contributed by atoms with van der Waals surface area (Å²) in [4.78, 5) is 4.76. The lowest BCUT2D eigenvalue weighted by atomic mass is 9.87. The Labute approximate surface area is 108 Å². The summed E-state index contributed by atoms with van der Waals surface area (Å²) in [6.45, 7) is 11.8. The van der Waals surface area contributed by atoms with E-state index < -0.39 is 0 Å². The van der Waals surface area contributed by atoms with Crippen LogP contribution >= 0.6 is 0 Å². The van der Waals surface area contributed by atoms with Gasteiger partial charge in [0.05, 0.1) is 0 Å². The van der Waals surface area contributed by atoms with Gasteiger partial charge in [-0.1, -0.05) is 13.8 Å². The van der Waals surface area contributed by atoms with Crippen molar-refractivity contribution in [3.05, 3.63) is 0 Å². The minimum atomic E-state index is 0.675. The van der Waals surface area contributed by atoms with Gasteiger partial charge in [0.15, 0.2) is 0 Å². The van der Waals surface area contributed by atoms with Crippen molar-refractivity contribution in [3.8, 4) is 0 Å². The highest BCUT2D eigenvalue weighted by Gasteiger charge is 2.38. The molecule has 3 fully saturated rings. The first kappa shape index (κ1) is 14.9. The molecule has 3 heterocycles. The normalized spacial score (nSPS) is 32.5. The van der Waals surface area contributed by atoms with Crippen molar-refractivity contribution in [1.29, 1.82) is 0 Å². The minimum absolute atomic E-state index is 0.675. The van der Waals surface area contributed by atoms with Crippen molar-refractivity contribution < 1.29 is 0 Å². The predicted molar refractivity (Wildman–Crippen MR) is 75.5 cm³/mol. The Kier molecular flexibility index (Phi) is 6.45. The van der Waals surface area contributed by atoms with E-state index in [4.69, 9.17) is 0 Å². The molecule has 3 heteroatoms. The van der Waals surface area contributed by atoms with E-state index in [-0.39, 0.29) is 0 Å². The molecule has 3 rings (SSSR count). The zero-order chi connectivity index (χ0) is 12.7. The Bertz CT molecular complexity index is 196. The average molecular weight is 241 g/mol. The van der Waals surface area contributed by atoms with Gasteiger partial charge in [0.25, 0.3) is 0 Å². The quantitative estimate of drug-likeness (QED) is 0.696. The maximum absolute atomic E-state index is 3.45. The molecule has 1 unspecified atom stereocenters. The fourth-order valence-corrected chi connectivity index (χ4v) is 2.78. The third-order valence-electron chi connectivity index (χ3n) is 4.04. The van der Waals surface area contributed by atoms with Crippen LogP contribution in [0, 0.1) is 5.41 Å². The van der Waals surface area contributed by atoms with E-state index in [1.54, 1.807) is 0 Å². The zero-order valence-electron chi connectivity index (χ0n) is 12.3. The fraction of sp³-hybridized carbons (Fsp3) is 1.00. The molecule has 0 bridgehead atoms. The van der Waals surface area contributed by atoms with E-state index >= 15 is 0 Å². The Morgan fingerprint density at radius 1 is 0.941 bits per heavy atom. The fourth-order valence-electron chi connectivity index (χ4n) is 2.78. The van der Waals surface area contributed by atoms with E-state index in [2.05, 4.69) is 29.2 Å². The van der Waals surface area contributed by atoms with Crippen LogP contribution in [0.1, 0.15) is 33.1 Å².